The molecule has 0 bridgehead atoms. The van der Waals surface area contributed by atoms with Crippen LogP contribution in [0.2, 0.25) is 0 Å². The van der Waals surface area contributed by atoms with Crippen molar-refractivity contribution in [2.24, 2.45) is 0 Å². The van der Waals surface area contributed by atoms with Gasteiger partial charge in [-0.25, -0.2) is 4.39 Å². The van der Waals surface area contributed by atoms with Gasteiger partial charge in [0.1, 0.15) is 11.6 Å². The minimum absolute atomic E-state index is 0.300. The third kappa shape index (κ3) is 3.40. The SMILES string of the molecule is COc1ccc(C(O)Cn2c3c(c4cc(C)ccc42)CCN(C)CC3)c(F)c1. The average molecular weight is 382 g/mol. The molecule has 148 valence electrons. The van der Waals surface area contributed by atoms with E-state index in [1.807, 2.05) is 0 Å². The third-order valence-electron chi connectivity index (χ3n) is 5.84. The number of likely N-dealkylation sites (N-methyl/N-ethyl adjacent to an activating group) is 1. The molecule has 0 aliphatic carbocycles. The number of aromatic nitrogens is 1. The van der Waals surface area contributed by atoms with Crippen LogP contribution in [0.5, 0.6) is 5.75 Å². The van der Waals surface area contributed by atoms with Crippen LogP contribution in [0.15, 0.2) is 36.4 Å². The summed E-state index contributed by atoms with van der Waals surface area (Å²) >= 11 is 0. The first-order chi connectivity index (χ1) is 13.5. The summed E-state index contributed by atoms with van der Waals surface area (Å²) in [5, 5.41) is 12.1. The van der Waals surface area contributed by atoms with Crippen LogP contribution in [-0.2, 0) is 19.4 Å². The second-order valence-corrected chi connectivity index (χ2v) is 7.76. The predicted molar refractivity (Wildman–Crippen MR) is 109 cm³/mol. The standard InChI is InChI=1S/C23H27FN2O2/c1-15-4-7-21-19(12-15)17-8-10-25(2)11-9-22(17)26(21)14-23(27)18-6-5-16(28-3)13-20(18)24/h4-7,12-13,23,27H,8-11,14H2,1-3H3. The fourth-order valence-electron chi connectivity index (χ4n) is 4.25. The average Bonchev–Trinajstić information content (AvgIpc) is 2.81. The van der Waals surface area contributed by atoms with E-state index in [1.165, 1.54) is 35.4 Å². The summed E-state index contributed by atoms with van der Waals surface area (Å²) in [5.41, 5.74) is 5.28. The maximum absolute atomic E-state index is 14.5. The zero-order chi connectivity index (χ0) is 19.8. The van der Waals surface area contributed by atoms with Gasteiger partial charge in [0.2, 0.25) is 0 Å². The molecule has 28 heavy (non-hydrogen) atoms. The molecule has 0 amide bonds. The molecule has 4 nitrogen and oxygen atoms in total. The molecule has 0 saturated carbocycles. The zero-order valence-corrected chi connectivity index (χ0v) is 16.7. The molecule has 4 rings (SSSR count). The molecule has 1 N–H and O–H groups in total. The van der Waals surface area contributed by atoms with Crippen molar-refractivity contribution in [3.05, 3.63) is 64.6 Å². The summed E-state index contributed by atoms with van der Waals surface area (Å²) in [5.74, 6) is 0.0113. The van der Waals surface area contributed by atoms with Crippen molar-refractivity contribution in [2.45, 2.75) is 32.4 Å². The number of nitrogens with zero attached hydrogens (tertiary/aromatic N) is 2. The van der Waals surface area contributed by atoms with Crippen molar-refractivity contribution in [1.82, 2.24) is 9.47 Å². The second-order valence-electron chi connectivity index (χ2n) is 7.76. The van der Waals surface area contributed by atoms with E-state index >= 15 is 0 Å². The molecular weight excluding hydrogens is 355 g/mol. The lowest BCUT2D eigenvalue weighted by Gasteiger charge is -2.18. The minimum atomic E-state index is -0.923. The summed E-state index contributed by atoms with van der Waals surface area (Å²) in [6, 6.07) is 11.1. The second kappa shape index (κ2) is 7.57. The molecule has 0 spiro atoms. The number of benzene rings is 2. The van der Waals surface area contributed by atoms with Gasteiger partial charge >= 0.3 is 0 Å². The molecule has 1 unspecified atom stereocenters. The van der Waals surface area contributed by atoms with Crippen molar-refractivity contribution in [1.29, 1.82) is 0 Å². The fourth-order valence-corrected chi connectivity index (χ4v) is 4.25. The Morgan fingerprint density at radius 2 is 1.93 bits per heavy atom. The quantitative estimate of drug-likeness (QED) is 0.745. The first-order valence-electron chi connectivity index (χ1n) is 9.78. The van der Waals surface area contributed by atoms with E-state index in [9.17, 15) is 9.50 Å². The molecule has 5 heteroatoms. The van der Waals surface area contributed by atoms with Crippen LogP contribution in [0.4, 0.5) is 4.39 Å². The Balaban J connectivity index is 1.76. The van der Waals surface area contributed by atoms with Crippen LogP contribution in [0, 0.1) is 12.7 Å². The highest BCUT2D eigenvalue weighted by Crippen LogP contribution is 2.32. The van der Waals surface area contributed by atoms with E-state index in [-0.39, 0.29) is 0 Å². The molecule has 1 aliphatic rings. The van der Waals surface area contributed by atoms with E-state index in [0.717, 1.165) is 31.4 Å². The monoisotopic (exact) mass is 382 g/mol. The topological polar surface area (TPSA) is 37.6 Å². The van der Waals surface area contributed by atoms with E-state index in [1.54, 1.807) is 12.1 Å². The Kier molecular flexibility index (Phi) is 5.13. The summed E-state index contributed by atoms with van der Waals surface area (Å²) in [7, 11) is 3.65. The first-order valence-corrected chi connectivity index (χ1v) is 9.78. The van der Waals surface area contributed by atoms with Crippen molar-refractivity contribution >= 4 is 10.9 Å². The van der Waals surface area contributed by atoms with Gasteiger partial charge in [-0.2, -0.15) is 0 Å². The van der Waals surface area contributed by atoms with Crippen molar-refractivity contribution in [3.63, 3.8) is 0 Å². The van der Waals surface area contributed by atoms with Crippen LogP contribution < -0.4 is 4.74 Å². The number of halogens is 1. The van der Waals surface area contributed by atoms with Gasteiger partial charge in [0.05, 0.1) is 19.8 Å². The van der Waals surface area contributed by atoms with E-state index in [2.05, 4.69) is 41.6 Å². The van der Waals surface area contributed by atoms with Gasteiger partial charge < -0.3 is 19.3 Å². The lowest BCUT2D eigenvalue weighted by atomic mass is 10.1. The number of rotatable bonds is 4. The molecule has 0 saturated heterocycles. The van der Waals surface area contributed by atoms with Crippen molar-refractivity contribution in [2.75, 3.05) is 27.2 Å². The number of hydrogen-bond acceptors (Lipinski definition) is 3. The molecule has 0 fully saturated rings. The van der Waals surface area contributed by atoms with Gasteiger partial charge in [0.25, 0.3) is 0 Å². The number of methoxy groups -OCH3 is 1. The number of fused-ring (bicyclic) bond motifs is 3. The van der Waals surface area contributed by atoms with Crippen molar-refractivity contribution < 1.29 is 14.2 Å². The molecule has 2 heterocycles. The Morgan fingerprint density at radius 3 is 2.68 bits per heavy atom. The summed E-state index contributed by atoms with van der Waals surface area (Å²) in [4.78, 5) is 2.34. The largest absolute Gasteiger partial charge is 0.497 e. The smallest absolute Gasteiger partial charge is 0.132 e. The first kappa shape index (κ1) is 19.0. The molecule has 0 radical (unpaired) electrons. The van der Waals surface area contributed by atoms with Crippen LogP contribution in [0.3, 0.4) is 0 Å². The summed E-state index contributed by atoms with van der Waals surface area (Å²) in [6.07, 6.45) is 0.997. The van der Waals surface area contributed by atoms with Crippen molar-refractivity contribution in [3.8, 4) is 5.75 Å². The van der Waals surface area contributed by atoms with Gasteiger partial charge in [0.15, 0.2) is 0 Å². The maximum Gasteiger partial charge on any atom is 0.132 e. The number of hydrogen-bond donors (Lipinski definition) is 1. The molecule has 1 atom stereocenters. The van der Waals surface area contributed by atoms with E-state index in [0.29, 0.717) is 17.9 Å². The van der Waals surface area contributed by atoms with Crippen LogP contribution in [-0.4, -0.2) is 41.8 Å². The number of aliphatic hydroxyl groups excluding tert-OH is 1. The molecule has 1 aliphatic heterocycles. The highest BCUT2D eigenvalue weighted by atomic mass is 19.1. The Labute approximate surface area is 165 Å². The molecule has 1 aromatic heterocycles. The Morgan fingerprint density at radius 1 is 1.14 bits per heavy atom. The Hall–Kier alpha value is -2.37. The van der Waals surface area contributed by atoms with Crippen LogP contribution in [0.1, 0.15) is 28.5 Å². The predicted octanol–water partition coefficient (Wildman–Crippen LogP) is 3.86. The lowest BCUT2D eigenvalue weighted by Crippen LogP contribution is -2.21. The van der Waals surface area contributed by atoms with Gasteiger partial charge in [-0.15, -0.1) is 0 Å². The van der Waals surface area contributed by atoms with E-state index < -0.39 is 11.9 Å². The van der Waals surface area contributed by atoms with Crippen LogP contribution >= 0.6 is 0 Å². The van der Waals surface area contributed by atoms with E-state index in [4.69, 9.17) is 4.74 Å². The number of aliphatic hydroxyl groups is 1. The number of aryl methyl sites for hydroxylation is 1. The normalized spacial score (nSPS) is 16.0. The number of ether oxygens (including phenoxy) is 1. The summed E-state index contributed by atoms with van der Waals surface area (Å²) in [6.45, 7) is 4.44. The van der Waals surface area contributed by atoms with Gasteiger partial charge in [0, 0.05) is 47.7 Å². The van der Waals surface area contributed by atoms with Gasteiger partial charge in [-0.1, -0.05) is 11.6 Å². The fraction of sp³-hybridized carbons (Fsp3) is 0.391. The van der Waals surface area contributed by atoms with Gasteiger partial charge in [-0.3, -0.25) is 0 Å². The highest BCUT2D eigenvalue weighted by molar-refractivity contribution is 5.86. The minimum Gasteiger partial charge on any atom is -0.497 e. The molecular formula is C23H27FN2O2. The third-order valence-corrected chi connectivity index (χ3v) is 5.84. The summed E-state index contributed by atoms with van der Waals surface area (Å²) < 4.78 is 21.7. The Bertz CT molecular complexity index is 1010. The zero-order valence-electron chi connectivity index (χ0n) is 16.7. The highest BCUT2D eigenvalue weighted by Gasteiger charge is 2.23. The molecule has 3 aromatic rings. The van der Waals surface area contributed by atoms with Crippen LogP contribution in [0.25, 0.3) is 10.9 Å². The molecule has 2 aromatic carbocycles. The lowest BCUT2D eigenvalue weighted by molar-refractivity contribution is 0.152. The maximum atomic E-state index is 14.5. The van der Waals surface area contributed by atoms with Gasteiger partial charge in [-0.05, 0) is 50.2 Å².